The van der Waals surface area contributed by atoms with Crippen LogP contribution in [0.2, 0.25) is 0 Å². The molecular weight excluding hydrogens is 246 g/mol. The largest absolute Gasteiger partial charge is 0.480 e. The predicted molar refractivity (Wildman–Crippen MR) is 72.4 cm³/mol. The fraction of sp³-hybridized carbons (Fsp3) is 0.615. The van der Waals surface area contributed by atoms with Crippen molar-refractivity contribution in [3.63, 3.8) is 0 Å². The van der Waals surface area contributed by atoms with Crippen LogP contribution in [0.1, 0.15) is 40.0 Å². The van der Waals surface area contributed by atoms with Crippen LogP contribution in [0, 0.1) is 0 Å². The van der Waals surface area contributed by atoms with Gasteiger partial charge in [0.1, 0.15) is 17.7 Å². The summed E-state index contributed by atoms with van der Waals surface area (Å²) in [4.78, 5) is 19.3. The van der Waals surface area contributed by atoms with E-state index in [4.69, 9.17) is 4.74 Å². The fourth-order valence-corrected chi connectivity index (χ4v) is 1.70. The van der Waals surface area contributed by atoms with Crippen molar-refractivity contribution in [2.24, 2.45) is 0 Å². The third kappa shape index (κ3) is 4.39. The van der Waals surface area contributed by atoms with Gasteiger partial charge in [0.05, 0.1) is 6.61 Å². The number of nitrogens with one attached hydrogen (secondary N) is 1. The molecule has 0 aromatic carbocycles. The number of carboxylic acid groups (broad SMARTS) is 1. The van der Waals surface area contributed by atoms with E-state index >= 15 is 0 Å². The molecule has 2 N–H and O–H groups in total. The van der Waals surface area contributed by atoms with Gasteiger partial charge in [-0.1, -0.05) is 20.3 Å². The minimum Gasteiger partial charge on any atom is -0.480 e. The summed E-state index contributed by atoms with van der Waals surface area (Å²) in [5, 5.41) is 12.2. The first kappa shape index (κ1) is 15.2. The van der Waals surface area contributed by atoms with Crippen molar-refractivity contribution in [2.75, 3.05) is 11.9 Å². The first-order valence-electron chi connectivity index (χ1n) is 6.48. The number of hydrogen-bond acceptors (Lipinski definition) is 5. The molecule has 0 radical (unpaired) electrons. The molecular formula is C13H21N3O3. The SMILES string of the molecule is CCCOc1cc(NC(C)(CCC)C(=O)O)ncn1. The molecule has 0 fully saturated rings. The third-order valence-corrected chi connectivity index (χ3v) is 2.72. The molecule has 1 unspecified atom stereocenters. The van der Waals surface area contributed by atoms with E-state index < -0.39 is 11.5 Å². The standard InChI is InChI=1S/C13H21N3O3/c1-4-6-13(3,12(17)18)16-10-8-11(15-9-14-10)19-7-5-2/h8-9H,4-7H2,1-3H3,(H,17,18)(H,14,15,16). The molecule has 1 aromatic rings. The summed E-state index contributed by atoms with van der Waals surface area (Å²) in [5.41, 5.74) is -1.04. The van der Waals surface area contributed by atoms with E-state index in [1.165, 1.54) is 6.33 Å². The van der Waals surface area contributed by atoms with Crippen molar-refractivity contribution in [1.29, 1.82) is 0 Å². The number of aromatic nitrogens is 2. The zero-order chi connectivity index (χ0) is 14.3. The molecule has 0 aliphatic rings. The predicted octanol–water partition coefficient (Wildman–Crippen LogP) is 2.32. The highest BCUT2D eigenvalue weighted by Gasteiger charge is 2.32. The van der Waals surface area contributed by atoms with Crippen LogP contribution in [0.4, 0.5) is 5.82 Å². The molecule has 1 rings (SSSR count). The van der Waals surface area contributed by atoms with Crippen molar-refractivity contribution >= 4 is 11.8 Å². The van der Waals surface area contributed by atoms with Gasteiger partial charge in [-0.25, -0.2) is 14.8 Å². The van der Waals surface area contributed by atoms with Crippen LogP contribution in [0.25, 0.3) is 0 Å². The number of carbonyl (C=O) groups is 1. The van der Waals surface area contributed by atoms with Crippen LogP contribution < -0.4 is 10.1 Å². The summed E-state index contributed by atoms with van der Waals surface area (Å²) < 4.78 is 5.39. The maximum Gasteiger partial charge on any atom is 0.329 e. The molecule has 0 amide bonds. The smallest absolute Gasteiger partial charge is 0.329 e. The molecule has 1 heterocycles. The Morgan fingerprint density at radius 3 is 2.74 bits per heavy atom. The van der Waals surface area contributed by atoms with Crippen molar-refractivity contribution in [3.8, 4) is 5.88 Å². The Hall–Kier alpha value is -1.85. The summed E-state index contributed by atoms with van der Waals surface area (Å²) in [6, 6.07) is 1.62. The molecule has 6 nitrogen and oxygen atoms in total. The summed E-state index contributed by atoms with van der Waals surface area (Å²) in [5.74, 6) is 0.00651. The van der Waals surface area contributed by atoms with E-state index in [1.807, 2.05) is 13.8 Å². The highest BCUT2D eigenvalue weighted by Crippen LogP contribution is 2.21. The lowest BCUT2D eigenvalue weighted by Crippen LogP contribution is -2.43. The quantitative estimate of drug-likeness (QED) is 0.752. The number of ether oxygens (including phenoxy) is 1. The average Bonchev–Trinajstić information content (AvgIpc) is 2.37. The van der Waals surface area contributed by atoms with E-state index in [0.29, 0.717) is 24.7 Å². The molecule has 0 saturated heterocycles. The zero-order valence-corrected chi connectivity index (χ0v) is 11.6. The maximum absolute atomic E-state index is 11.3. The minimum atomic E-state index is -1.04. The van der Waals surface area contributed by atoms with Gasteiger partial charge in [0.25, 0.3) is 0 Å². The second kappa shape index (κ2) is 6.92. The first-order chi connectivity index (χ1) is 9.01. The average molecular weight is 267 g/mol. The number of anilines is 1. The summed E-state index contributed by atoms with van der Waals surface area (Å²) >= 11 is 0. The Kier molecular flexibility index (Phi) is 5.54. The Morgan fingerprint density at radius 2 is 2.16 bits per heavy atom. The minimum absolute atomic E-state index is 0.448. The Morgan fingerprint density at radius 1 is 1.42 bits per heavy atom. The molecule has 106 valence electrons. The lowest BCUT2D eigenvalue weighted by Gasteiger charge is -2.26. The summed E-state index contributed by atoms with van der Waals surface area (Å²) in [6.45, 7) is 6.16. The van der Waals surface area contributed by atoms with E-state index in [9.17, 15) is 9.90 Å². The van der Waals surface area contributed by atoms with Gasteiger partial charge in [-0.3, -0.25) is 0 Å². The van der Waals surface area contributed by atoms with Crippen LogP contribution in [0.5, 0.6) is 5.88 Å². The normalized spacial score (nSPS) is 13.6. The monoisotopic (exact) mass is 267 g/mol. The second-order valence-corrected chi connectivity index (χ2v) is 4.60. The Labute approximate surface area is 113 Å². The first-order valence-corrected chi connectivity index (χ1v) is 6.48. The van der Waals surface area contributed by atoms with Gasteiger partial charge in [0.2, 0.25) is 5.88 Å². The van der Waals surface area contributed by atoms with Gasteiger partial charge in [0.15, 0.2) is 0 Å². The number of carboxylic acids is 1. The Balaban J connectivity index is 2.82. The molecule has 0 spiro atoms. The lowest BCUT2D eigenvalue weighted by molar-refractivity contribution is -0.142. The highest BCUT2D eigenvalue weighted by molar-refractivity contribution is 5.81. The van der Waals surface area contributed by atoms with Crippen LogP contribution in [-0.2, 0) is 4.79 Å². The van der Waals surface area contributed by atoms with Crippen LogP contribution in [-0.4, -0.2) is 33.2 Å². The van der Waals surface area contributed by atoms with Gasteiger partial charge in [-0.05, 0) is 19.8 Å². The molecule has 1 aromatic heterocycles. The number of rotatable bonds is 8. The third-order valence-electron chi connectivity index (χ3n) is 2.72. The van der Waals surface area contributed by atoms with Crippen molar-refractivity contribution in [3.05, 3.63) is 12.4 Å². The molecule has 6 heteroatoms. The van der Waals surface area contributed by atoms with E-state index in [0.717, 1.165) is 12.8 Å². The molecule has 0 saturated carbocycles. The van der Waals surface area contributed by atoms with Crippen molar-refractivity contribution in [2.45, 2.75) is 45.6 Å². The van der Waals surface area contributed by atoms with E-state index in [1.54, 1.807) is 13.0 Å². The van der Waals surface area contributed by atoms with Gasteiger partial charge in [0, 0.05) is 6.07 Å². The van der Waals surface area contributed by atoms with Gasteiger partial charge in [-0.2, -0.15) is 0 Å². The summed E-state index contributed by atoms with van der Waals surface area (Å²) in [6.07, 6.45) is 3.52. The molecule has 1 atom stereocenters. The Bertz CT molecular complexity index is 425. The maximum atomic E-state index is 11.3. The van der Waals surface area contributed by atoms with Gasteiger partial charge >= 0.3 is 5.97 Å². The van der Waals surface area contributed by atoms with Crippen molar-refractivity contribution in [1.82, 2.24) is 9.97 Å². The van der Waals surface area contributed by atoms with Gasteiger partial charge in [-0.15, -0.1) is 0 Å². The number of hydrogen-bond donors (Lipinski definition) is 2. The highest BCUT2D eigenvalue weighted by atomic mass is 16.5. The van der Waals surface area contributed by atoms with E-state index in [-0.39, 0.29) is 0 Å². The van der Waals surface area contributed by atoms with Crippen LogP contribution in [0.15, 0.2) is 12.4 Å². The van der Waals surface area contributed by atoms with Crippen LogP contribution in [0.3, 0.4) is 0 Å². The fourth-order valence-electron chi connectivity index (χ4n) is 1.70. The van der Waals surface area contributed by atoms with E-state index in [2.05, 4.69) is 15.3 Å². The number of aliphatic carboxylic acids is 1. The molecule has 0 aliphatic heterocycles. The lowest BCUT2D eigenvalue weighted by atomic mass is 9.96. The van der Waals surface area contributed by atoms with Crippen LogP contribution >= 0.6 is 0 Å². The molecule has 0 aliphatic carbocycles. The van der Waals surface area contributed by atoms with Crippen molar-refractivity contribution < 1.29 is 14.6 Å². The molecule has 19 heavy (non-hydrogen) atoms. The molecule has 0 bridgehead atoms. The number of nitrogens with zero attached hydrogens (tertiary/aromatic N) is 2. The second-order valence-electron chi connectivity index (χ2n) is 4.60. The van der Waals surface area contributed by atoms with Gasteiger partial charge < -0.3 is 15.2 Å². The topological polar surface area (TPSA) is 84.3 Å². The zero-order valence-electron chi connectivity index (χ0n) is 11.6. The summed E-state index contributed by atoms with van der Waals surface area (Å²) in [7, 11) is 0.